The van der Waals surface area contributed by atoms with Crippen molar-refractivity contribution in [2.75, 3.05) is 6.61 Å². The van der Waals surface area contributed by atoms with E-state index in [4.69, 9.17) is 4.74 Å². The summed E-state index contributed by atoms with van der Waals surface area (Å²) in [5.41, 5.74) is -0.176. The van der Waals surface area contributed by atoms with Gasteiger partial charge in [0.2, 0.25) is 0 Å². The second-order valence-corrected chi connectivity index (χ2v) is 12.5. The number of ether oxygens (including phenoxy) is 1. The molecule has 0 amide bonds. The maximum Gasteiger partial charge on any atom is 0.302 e. The molecule has 0 aromatic rings. The first-order valence-corrected chi connectivity index (χ1v) is 13.6. The first-order valence-electron chi connectivity index (χ1n) is 13.6. The molecule has 4 saturated carbocycles. The third kappa shape index (κ3) is 3.99. The van der Waals surface area contributed by atoms with Crippen molar-refractivity contribution in [3.8, 4) is 0 Å². The monoisotopic (exact) mass is 462 g/mol. The number of Topliss-reactive ketones (excluding diaryl/α,β-unsaturated/α-hetero) is 1. The molecule has 2 N–H and O–H groups in total. The van der Waals surface area contributed by atoms with Crippen LogP contribution in [0.1, 0.15) is 92.4 Å². The third-order valence-electron chi connectivity index (χ3n) is 11.0. The minimum Gasteiger partial charge on any atom is -0.463 e. The van der Waals surface area contributed by atoms with E-state index in [1.165, 1.54) is 6.92 Å². The Morgan fingerprint density at radius 3 is 2.55 bits per heavy atom. The zero-order valence-electron chi connectivity index (χ0n) is 21.4. The molecular weight excluding hydrogens is 416 g/mol. The molecule has 4 rings (SSSR count). The standard InChI is InChI=1S/C28H46O5/c1-6-19-22-14-18(33-17(3)30)11-12-27(22,4)25-23(31)15-28(5)20(16(2)8-7-13-29)9-10-21(28)24(25)26(19)32/h16,18-22,24-26,29,32H,6-15H2,1-5H3/t16-,18-,19-,20-,21+,22+,24+,25+,26-,27+,28-/m1/s1. The van der Waals surface area contributed by atoms with Crippen LogP contribution < -0.4 is 0 Å². The summed E-state index contributed by atoms with van der Waals surface area (Å²) in [6.07, 6.45) is 7.50. The highest BCUT2D eigenvalue weighted by molar-refractivity contribution is 5.84. The maximum atomic E-state index is 14.0. The van der Waals surface area contributed by atoms with Crippen LogP contribution in [0.15, 0.2) is 0 Å². The van der Waals surface area contributed by atoms with E-state index in [1.807, 2.05) is 0 Å². The van der Waals surface area contributed by atoms with E-state index in [9.17, 15) is 19.8 Å². The van der Waals surface area contributed by atoms with Crippen molar-refractivity contribution < 1.29 is 24.5 Å². The van der Waals surface area contributed by atoms with Crippen LogP contribution in [0.5, 0.6) is 0 Å². The Morgan fingerprint density at radius 1 is 1.18 bits per heavy atom. The molecule has 0 aliphatic heterocycles. The summed E-state index contributed by atoms with van der Waals surface area (Å²) in [5, 5.41) is 21.2. The number of hydrogen-bond donors (Lipinski definition) is 2. The predicted molar refractivity (Wildman–Crippen MR) is 127 cm³/mol. The lowest BCUT2D eigenvalue weighted by atomic mass is 9.41. The number of aliphatic hydroxyl groups excluding tert-OH is 2. The predicted octanol–water partition coefficient (Wildman–Crippen LogP) is 4.77. The van der Waals surface area contributed by atoms with Gasteiger partial charge in [-0.25, -0.2) is 0 Å². The van der Waals surface area contributed by atoms with E-state index in [0.717, 1.165) is 51.4 Å². The van der Waals surface area contributed by atoms with Crippen molar-refractivity contribution in [2.45, 2.75) is 105 Å². The molecule has 0 bridgehead atoms. The van der Waals surface area contributed by atoms with Gasteiger partial charge in [0, 0.05) is 25.9 Å². The molecule has 0 aromatic carbocycles. The van der Waals surface area contributed by atoms with Crippen LogP contribution in [0.25, 0.3) is 0 Å². The Hall–Kier alpha value is -0.940. The summed E-state index contributed by atoms with van der Waals surface area (Å²) < 4.78 is 5.61. The average molecular weight is 463 g/mol. The molecule has 0 radical (unpaired) electrons. The summed E-state index contributed by atoms with van der Waals surface area (Å²) in [4.78, 5) is 25.6. The zero-order valence-corrected chi connectivity index (χ0v) is 21.4. The van der Waals surface area contributed by atoms with E-state index in [2.05, 4.69) is 27.7 Å². The molecule has 0 aromatic heterocycles. The van der Waals surface area contributed by atoms with Gasteiger partial charge in [-0.15, -0.1) is 0 Å². The van der Waals surface area contributed by atoms with Crippen molar-refractivity contribution in [1.29, 1.82) is 0 Å². The fourth-order valence-electron chi connectivity index (χ4n) is 9.68. The van der Waals surface area contributed by atoms with Crippen LogP contribution >= 0.6 is 0 Å². The highest BCUT2D eigenvalue weighted by Gasteiger charge is 2.67. The number of ketones is 1. The fraction of sp³-hybridized carbons (Fsp3) is 0.929. The summed E-state index contributed by atoms with van der Waals surface area (Å²) in [6, 6.07) is 0. The van der Waals surface area contributed by atoms with Gasteiger partial charge < -0.3 is 14.9 Å². The maximum absolute atomic E-state index is 14.0. The van der Waals surface area contributed by atoms with E-state index < -0.39 is 6.10 Å². The number of aliphatic hydroxyl groups is 2. The van der Waals surface area contributed by atoms with Crippen molar-refractivity contribution in [3.63, 3.8) is 0 Å². The molecule has 4 aliphatic carbocycles. The van der Waals surface area contributed by atoms with Crippen molar-refractivity contribution in [2.24, 2.45) is 52.3 Å². The molecule has 4 aliphatic rings. The minimum absolute atomic E-state index is 0.0442. The van der Waals surface area contributed by atoms with Gasteiger partial charge in [0.1, 0.15) is 11.9 Å². The van der Waals surface area contributed by atoms with E-state index in [-0.39, 0.29) is 53.2 Å². The Kier molecular flexibility index (Phi) is 7.06. The molecule has 0 unspecified atom stereocenters. The molecule has 188 valence electrons. The zero-order chi connectivity index (χ0) is 24.1. The SMILES string of the molecule is CC[C@H]1[C@@H](O)[C@H]2[C@@H]3CC[C@H]([C@H](C)CCCO)[C@@]3(C)CC(=O)[C@@H]2[C@@]2(C)CC[C@@H](OC(C)=O)C[C@@H]12. The summed E-state index contributed by atoms with van der Waals surface area (Å²) in [5.74, 6) is 1.81. The second kappa shape index (κ2) is 9.26. The first-order chi connectivity index (χ1) is 15.6. The van der Waals surface area contributed by atoms with Crippen LogP contribution in [-0.2, 0) is 14.3 Å². The number of carbonyl (C=O) groups excluding carboxylic acids is 2. The van der Waals surface area contributed by atoms with Crippen LogP contribution in [-0.4, -0.2) is 40.8 Å². The number of rotatable bonds is 6. The molecule has 0 saturated heterocycles. The third-order valence-corrected chi connectivity index (χ3v) is 11.0. The van der Waals surface area contributed by atoms with Crippen molar-refractivity contribution in [1.82, 2.24) is 0 Å². The number of hydrogen-bond acceptors (Lipinski definition) is 5. The van der Waals surface area contributed by atoms with Gasteiger partial charge in [0.25, 0.3) is 0 Å². The topological polar surface area (TPSA) is 83.8 Å². The molecular formula is C28H46O5. The molecule has 11 atom stereocenters. The van der Waals surface area contributed by atoms with E-state index in [1.54, 1.807) is 0 Å². The van der Waals surface area contributed by atoms with E-state index >= 15 is 0 Å². The Labute approximate surface area is 200 Å². The quantitative estimate of drug-likeness (QED) is 0.556. The lowest BCUT2D eigenvalue weighted by molar-refractivity contribution is -0.205. The van der Waals surface area contributed by atoms with Crippen LogP contribution in [0, 0.1) is 52.3 Å². The van der Waals surface area contributed by atoms with Crippen molar-refractivity contribution in [3.05, 3.63) is 0 Å². The molecule has 5 nitrogen and oxygen atoms in total. The number of esters is 1. The van der Waals surface area contributed by atoms with Gasteiger partial charge in [0.15, 0.2) is 0 Å². The first kappa shape index (κ1) is 25.2. The number of carbonyl (C=O) groups is 2. The average Bonchev–Trinajstić information content (AvgIpc) is 3.09. The summed E-state index contributed by atoms with van der Waals surface area (Å²) in [7, 11) is 0. The van der Waals surface area contributed by atoms with Crippen LogP contribution in [0.2, 0.25) is 0 Å². The molecule has 4 fully saturated rings. The minimum atomic E-state index is -0.464. The number of fused-ring (bicyclic) bond motifs is 5. The van der Waals surface area contributed by atoms with E-state index in [0.29, 0.717) is 30.0 Å². The largest absolute Gasteiger partial charge is 0.463 e. The van der Waals surface area contributed by atoms with Crippen LogP contribution in [0.3, 0.4) is 0 Å². The summed E-state index contributed by atoms with van der Waals surface area (Å²) >= 11 is 0. The molecule has 0 spiro atoms. The Bertz CT molecular complexity index is 751. The highest BCUT2D eigenvalue weighted by atomic mass is 16.5. The van der Waals surface area contributed by atoms with Gasteiger partial charge in [-0.3, -0.25) is 9.59 Å². The highest BCUT2D eigenvalue weighted by Crippen LogP contribution is 2.68. The van der Waals surface area contributed by atoms with Gasteiger partial charge in [-0.05, 0) is 91.3 Å². The normalized spacial score (nSPS) is 47.9. The van der Waals surface area contributed by atoms with Crippen molar-refractivity contribution >= 4 is 11.8 Å². The second-order valence-electron chi connectivity index (χ2n) is 12.5. The molecule has 5 heteroatoms. The van der Waals surface area contributed by atoms with Gasteiger partial charge in [-0.1, -0.05) is 34.1 Å². The van der Waals surface area contributed by atoms with Gasteiger partial charge >= 0.3 is 5.97 Å². The Morgan fingerprint density at radius 2 is 1.91 bits per heavy atom. The smallest absolute Gasteiger partial charge is 0.302 e. The Balaban J connectivity index is 1.66. The molecule has 33 heavy (non-hydrogen) atoms. The van der Waals surface area contributed by atoms with Gasteiger partial charge in [-0.2, -0.15) is 0 Å². The lowest BCUT2D eigenvalue weighted by Crippen LogP contribution is -2.65. The summed E-state index contributed by atoms with van der Waals surface area (Å²) in [6.45, 7) is 10.8. The fourth-order valence-corrected chi connectivity index (χ4v) is 9.68. The van der Waals surface area contributed by atoms with Crippen LogP contribution in [0.4, 0.5) is 0 Å². The van der Waals surface area contributed by atoms with Gasteiger partial charge in [0.05, 0.1) is 6.10 Å². The molecule has 0 heterocycles. The lowest BCUT2D eigenvalue weighted by Gasteiger charge is -2.64.